The summed E-state index contributed by atoms with van der Waals surface area (Å²) < 4.78 is 42.4. The minimum Gasteiger partial charge on any atom is -0.392 e. The van der Waals surface area contributed by atoms with E-state index in [0.29, 0.717) is 0 Å². The topological polar surface area (TPSA) is 117 Å². The Hall–Kier alpha value is -3.90. The average molecular weight is 726 g/mol. The predicted molar refractivity (Wildman–Crippen MR) is 202 cm³/mol. The lowest BCUT2D eigenvalue weighted by molar-refractivity contribution is -0.253. The number of carbonyl (C=O) groups is 1. The zero-order valence-corrected chi connectivity index (χ0v) is 30.8. The molecule has 2 heterocycles. The fraction of sp³-hybridized carbons (Fsp3) is 0.405. The number of carbonyl (C=O) groups excluding carboxylic acids is 1. The largest absolute Gasteiger partial charge is 0.392 e. The van der Waals surface area contributed by atoms with Crippen molar-refractivity contribution in [2.24, 2.45) is 0 Å². The number of rotatable bonds is 13. The number of aryl methyl sites for hydroxylation is 1. The molecule has 6 rings (SSSR count). The predicted octanol–water partition coefficient (Wildman–Crippen LogP) is 6.50. The van der Waals surface area contributed by atoms with Crippen LogP contribution < -0.4 is 10.0 Å². The number of amides is 1. The summed E-state index contributed by atoms with van der Waals surface area (Å²) in [4.78, 5) is 16.2. The first-order chi connectivity index (χ1) is 25.3. The maximum atomic E-state index is 13.6. The number of hydrogen-bond acceptors (Lipinski definition) is 7. The highest BCUT2D eigenvalue weighted by molar-refractivity contribution is 7.89. The number of nitrogens with one attached hydrogen (secondary N) is 2. The number of aliphatic hydroxyl groups excluding tert-OH is 1. The molecule has 0 spiro atoms. The SMILES string of the molecule is Cc1ccc(S(=O)(=O)N[C@H](Cc2ccccc2)C(=O)NCc2ccc([C@H]3O[C@@H](CN4CCCCCCC4)C[C@@H](c4ccc(CO)cc4)O3)cc2)cc1. The Labute approximate surface area is 308 Å². The van der Waals surface area contributed by atoms with Gasteiger partial charge in [-0.3, -0.25) is 4.79 Å². The third-order valence-electron chi connectivity index (χ3n) is 9.97. The van der Waals surface area contributed by atoms with E-state index in [1.807, 2.05) is 85.8 Å². The molecule has 276 valence electrons. The lowest BCUT2D eigenvalue weighted by atomic mass is 9.99. The van der Waals surface area contributed by atoms with Crippen molar-refractivity contribution in [3.8, 4) is 0 Å². The van der Waals surface area contributed by atoms with Crippen LogP contribution in [0.1, 0.15) is 84.3 Å². The summed E-state index contributed by atoms with van der Waals surface area (Å²) in [5, 5.41) is 12.5. The van der Waals surface area contributed by atoms with E-state index in [2.05, 4.69) is 14.9 Å². The zero-order valence-electron chi connectivity index (χ0n) is 30.0. The number of likely N-dealkylation sites (tertiary alicyclic amines) is 1. The van der Waals surface area contributed by atoms with E-state index in [4.69, 9.17) is 9.47 Å². The Morgan fingerprint density at radius 2 is 1.42 bits per heavy atom. The summed E-state index contributed by atoms with van der Waals surface area (Å²) >= 11 is 0. The molecular weight excluding hydrogens is 675 g/mol. The number of aliphatic hydroxyl groups is 1. The van der Waals surface area contributed by atoms with E-state index in [1.54, 1.807) is 24.3 Å². The molecule has 4 atom stereocenters. The number of ether oxygens (including phenoxy) is 2. The van der Waals surface area contributed by atoms with E-state index < -0.39 is 28.3 Å². The third-order valence-corrected chi connectivity index (χ3v) is 11.5. The van der Waals surface area contributed by atoms with Crippen LogP contribution >= 0.6 is 0 Å². The molecule has 0 aliphatic carbocycles. The molecule has 0 saturated carbocycles. The van der Waals surface area contributed by atoms with Crippen LogP contribution in [-0.4, -0.2) is 56.1 Å². The van der Waals surface area contributed by atoms with Gasteiger partial charge in [0.25, 0.3) is 0 Å². The normalized spacial score (nSPS) is 20.8. The Bertz CT molecular complexity index is 1810. The van der Waals surface area contributed by atoms with Crippen LogP contribution in [0.5, 0.6) is 0 Å². The van der Waals surface area contributed by atoms with Crippen LogP contribution in [-0.2, 0) is 43.9 Å². The van der Waals surface area contributed by atoms with Crippen molar-refractivity contribution in [3.63, 3.8) is 0 Å². The van der Waals surface area contributed by atoms with Crippen molar-refractivity contribution in [2.45, 2.75) is 94.5 Å². The Kier molecular flexibility index (Phi) is 13.3. The Balaban J connectivity index is 1.13. The lowest BCUT2D eigenvalue weighted by Gasteiger charge is -2.38. The summed E-state index contributed by atoms with van der Waals surface area (Å²) in [6.07, 6.45) is 6.50. The molecule has 0 aromatic heterocycles. The monoisotopic (exact) mass is 725 g/mol. The molecule has 2 saturated heterocycles. The zero-order chi connectivity index (χ0) is 36.3. The summed E-state index contributed by atoms with van der Waals surface area (Å²) in [5.41, 5.74) is 5.46. The van der Waals surface area contributed by atoms with Crippen molar-refractivity contribution < 1.29 is 27.8 Å². The van der Waals surface area contributed by atoms with Gasteiger partial charge in [0.15, 0.2) is 6.29 Å². The molecule has 2 aliphatic rings. The van der Waals surface area contributed by atoms with Gasteiger partial charge in [-0.1, -0.05) is 116 Å². The minimum atomic E-state index is -3.94. The van der Waals surface area contributed by atoms with Crippen LogP contribution in [0.2, 0.25) is 0 Å². The molecule has 2 fully saturated rings. The smallest absolute Gasteiger partial charge is 0.241 e. The van der Waals surface area contributed by atoms with Gasteiger partial charge in [0.05, 0.1) is 23.7 Å². The average Bonchev–Trinajstić information content (AvgIpc) is 3.15. The first kappa shape index (κ1) is 37.8. The number of benzene rings is 4. The van der Waals surface area contributed by atoms with Crippen molar-refractivity contribution in [1.82, 2.24) is 14.9 Å². The van der Waals surface area contributed by atoms with Crippen LogP contribution in [0, 0.1) is 6.92 Å². The van der Waals surface area contributed by atoms with E-state index in [9.17, 15) is 18.3 Å². The molecule has 10 heteroatoms. The molecule has 4 aromatic carbocycles. The molecule has 4 aromatic rings. The van der Waals surface area contributed by atoms with Gasteiger partial charge in [-0.25, -0.2) is 8.42 Å². The van der Waals surface area contributed by atoms with E-state index in [-0.39, 0.29) is 36.7 Å². The molecule has 0 unspecified atom stereocenters. The van der Waals surface area contributed by atoms with Gasteiger partial charge in [0.1, 0.15) is 6.04 Å². The second kappa shape index (κ2) is 18.2. The van der Waals surface area contributed by atoms with Gasteiger partial charge in [-0.15, -0.1) is 0 Å². The summed E-state index contributed by atoms with van der Waals surface area (Å²) in [6.45, 7) is 5.14. The van der Waals surface area contributed by atoms with Gasteiger partial charge < -0.3 is 24.8 Å². The Morgan fingerprint density at radius 1 is 0.788 bits per heavy atom. The molecule has 1 amide bonds. The Morgan fingerprint density at radius 3 is 2.10 bits per heavy atom. The molecule has 2 aliphatic heterocycles. The molecular formula is C42H51N3O6S. The highest BCUT2D eigenvalue weighted by Crippen LogP contribution is 2.38. The summed E-state index contributed by atoms with van der Waals surface area (Å²) in [5.74, 6) is -0.412. The highest BCUT2D eigenvalue weighted by Gasteiger charge is 2.33. The van der Waals surface area contributed by atoms with Crippen molar-refractivity contribution in [1.29, 1.82) is 0 Å². The van der Waals surface area contributed by atoms with Crippen molar-refractivity contribution in [3.05, 3.63) is 137 Å². The number of nitrogens with zero attached hydrogens (tertiary/aromatic N) is 1. The minimum absolute atomic E-state index is 0.00134. The second-order valence-corrected chi connectivity index (χ2v) is 15.8. The van der Waals surface area contributed by atoms with E-state index >= 15 is 0 Å². The fourth-order valence-electron chi connectivity index (χ4n) is 6.93. The molecule has 0 radical (unpaired) electrons. The van der Waals surface area contributed by atoms with Gasteiger partial charge in [0, 0.05) is 25.1 Å². The third kappa shape index (κ3) is 10.6. The quantitative estimate of drug-likeness (QED) is 0.144. The van der Waals surface area contributed by atoms with E-state index in [1.165, 1.54) is 32.1 Å². The molecule has 52 heavy (non-hydrogen) atoms. The van der Waals surface area contributed by atoms with Gasteiger partial charge in [-0.05, 0) is 73.7 Å². The number of sulfonamides is 1. The van der Waals surface area contributed by atoms with Crippen LogP contribution in [0.4, 0.5) is 0 Å². The first-order valence-corrected chi connectivity index (χ1v) is 20.0. The molecule has 3 N–H and O–H groups in total. The van der Waals surface area contributed by atoms with E-state index in [0.717, 1.165) is 59.4 Å². The second-order valence-electron chi connectivity index (χ2n) is 14.1. The molecule has 0 bridgehead atoms. The van der Waals surface area contributed by atoms with Crippen LogP contribution in [0.15, 0.2) is 108 Å². The lowest BCUT2D eigenvalue weighted by Crippen LogP contribution is -2.47. The molecule has 9 nitrogen and oxygen atoms in total. The summed E-state index contributed by atoms with van der Waals surface area (Å²) in [6, 6.07) is 30.7. The maximum Gasteiger partial charge on any atom is 0.241 e. The van der Waals surface area contributed by atoms with Crippen molar-refractivity contribution in [2.75, 3.05) is 19.6 Å². The van der Waals surface area contributed by atoms with Gasteiger partial charge in [0.2, 0.25) is 15.9 Å². The van der Waals surface area contributed by atoms with Crippen molar-refractivity contribution >= 4 is 15.9 Å². The van der Waals surface area contributed by atoms with Crippen LogP contribution in [0.3, 0.4) is 0 Å². The van der Waals surface area contributed by atoms with Gasteiger partial charge in [-0.2, -0.15) is 4.72 Å². The van der Waals surface area contributed by atoms with Gasteiger partial charge >= 0.3 is 0 Å². The fourth-order valence-corrected chi connectivity index (χ4v) is 8.13. The first-order valence-electron chi connectivity index (χ1n) is 18.5. The summed E-state index contributed by atoms with van der Waals surface area (Å²) in [7, 11) is -3.94. The number of hydrogen-bond donors (Lipinski definition) is 3. The standard InChI is InChI=1S/C42H51N3O6S/c1-31-12-22-38(23-13-31)52(48,49)44-39(26-32-10-6-5-7-11-32)41(47)43-28-33-14-20-36(21-15-33)42-50-37(29-45-24-8-3-2-4-9-25-45)27-40(51-42)35-18-16-34(30-46)17-19-35/h5-7,10-23,37,39-40,42,44,46H,2-4,8-9,24-30H2,1H3,(H,43,47)/t37-,39-,40+,42+/m1/s1. The highest BCUT2D eigenvalue weighted by atomic mass is 32.2. The maximum absolute atomic E-state index is 13.6. The van der Waals surface area contributed by atoms with Crippen LogP contribution in [0.25, 0.3) is 0 Å².